The van der Waals surface area contributed by atoms with Crippen LogP contribution in [0, 0.1) is 6.92 Å². The van der Waals surface area contributed by atoms with E-state index in [1.165, 1.54) is 6.08 Å². The van der Waals surface area contributed by atoms with E-state index >= 15 is 0 Å². The molecule has 6 heteroatoms. The Morgan fingerprint density at radius 2 is 2.16 bits per heavy atom. The minimum Gasteiger partial charge on any atom is -0.484 e. The molecule has 0 fully saturated rings. The van der Waals surface area contributed by atoms with E-state index in [2.05, 4.69) is 10.1 Å². The van der Waals surface area contributed by atoms with Gasteiger partial charge in [0.2, 0.25) is 0 Å². The molecule has 1 heterocycles. The summed E-state index contributed by atoms with van der Waals surface area (Å²) in [6.07, 6.45) is 2.59. The summed E-state index contributed by atoms with van der Waals surface area (Å²) in [6, 6.07) is 7.00. The van der Waals surface area contributed by atoms with Gasteiger partial charge in [0.05, 0.1) is 0 Å². The number of hydrogen-bond donors (Lipinski definition) is 1. The van der Waals surface area contributed by atoms with Crippen LogP contribution < -0.4 is 4.74 Å². The lowest BCUT2D eigenvalue weighted by molar-refractivity contribution is -0.131. The molecule has 2 aromatic rings. The molecule has 0 atom stereocenters. The van der Waals surface area contributed by atoms with Crippen molar-refractivity contribution in [3.63, 3.8) is 0 Å². The SMILES string of the molecule is Cc1noc(COc2ccc(/C=C/C(=O)O)cc2)n1. The number of carboxylic acid groups (broad SMARTS) is 1. The van der Waals surface area contributed by atoms with Crippen molar-refractivity contribution in [2.24, 2.45) is 0 Å². The van der Waals surface area contributed by atoms with E-state index in [0.29, 0.717) is 17.5 Å². The molecule has 6 nitrogen and oxygen atoms in total. The zero-order chi connectivity index (χ0) is 13.7. The van der Waals surface area contributed by atoms with Crippen molar-refractivity contribution in [1.29, 1.82) is 0 Å². The van der Waals surface area contributed by atoms with E-state index in [0.717, 1.165) is 11.6 Å². The highest BCUT2D eigenvalue weighted by Crippen LogP contribution is 2.14. The minimum atomic E-state index is -0.980. The number of rotatable bonds is 5. The van der Waals surface area contributed by atoms with Crippen molar-refractivity contribution < 1.29 is 19.2 Å². The van der Waals surface area contributed by atoms with Crippen LogP contribution in [0.3, 0.4) is 0 Å². The number of carboxylic acids is 1. The largest absolute Gasteiger partial charge is 0.484 e. The standard InChI is InChI=1S/C13H12N2O4/c1-9-14-12(19-15-9)8-18-11-5-2-10(3-6-11)4-7-13(16)17/h2-7H,8H2,1H3,(H,16,17)/b7-4+. The fourth-order valence-corrected chi connectivity index (χ4v) is 1.39. The Balaban J connectivity index is 1.93. The first-order chi connectivity index (χ1) is 9.13. The highest BCUT2D eigenvalue weighted by Gasteiger charge is 2.03. The fraction of sp³-hybridized carbons (Fsp3) is 0.154. The van der Waals surface area contributed by atoms with Crippen molar-refractivity contribution in [1.82, 2.24) is 10.1 Å². The molecule has 0 amide bonds. The average Bonchev–Trinajstić information content (AvgIpc) is 2.81. The van der Waals surface area contributed by atoms with Crippen LogP contribution in [0.15, 0.2) is 34.9 Å². The molecule has 1 aromatic heterocycles. The summed E-state index contributed by atoms with van der Waals surface area (Å²) in [4.78, 5) is 14.4. The van der Waals surface area contributed by atoms with Gasteiger partial charge in [0.15, 0.2) is 12.4 Å². The summed E-state index contributed by atoms with van der Waals surface area (Å²) in [7, 11) is 0. The number of ether oxygens (including phenoxy) is 1. The first-order valence-corrected chi connectivity index (χ1v) is 5.56. The lowest BCUT2D eigenvalue weighted by atomic mass is 10.2. The lowest BCUT2D eigenvalue weighted by Crippen LogP contribution is -1.95. The molecule has 19 heavy (non-hydrogen) atoms. The van der Waals surface area contributed by atoms with E-state index in [1.54, 1.807) is 31.2 Å². The fourth-order valence-electron chi connectivity index (χ4n) is 1.39. The number of benzene rings is 1. The third-order valence-electron chi connectivity index (χ3n) is 2.23. The summed E-state index contributed by atoms with van der Waals surface area (Å²) in [5.41, 5.74) is 0.781. The molecule has 0 aliphatic carbocycles. The van der Waals surface area contributed by atoms with Crippen LogP contribution >= 0.6 is 0 Å². The quantitative estimate of drug-likeness (QED) is 0.828. The molecule has 0 spiro atoms. The van der Waals surface area contributed by atoms with E-state index < -0.39 is 5.97 Å². The predicted molar refractivity (Wildman–Crippen MR) is 66.5 cm³/mol. The summed E-state index contributed by atoms with van der Waals surface area (Å²) in [5.74, 6) is 0.635. The first-order valence-electron chi connectivity index (χ1n) is 5.56. The molecule has 1 aromatic carbocycles. The number of aryl methyl sites for hydroxylation is 1. The topological polar surface area (TPSA) is 85.5 Å². The van der Waals surface area contributed by atoms with Crippen LogP contribution in [0.25, 0.3) is 6.08 Å². The maximum Gasteiger partial charge on any atom is 0.328 e. The third-order valence-corrected chi connectivity index (χ3v) is 2.23. The average molecular weight is 260 g/mol. The molecule has 0 aliphatic heterocycles. The van der Waals surface area contributed by atoms with Crippen molar-refractivity contribution in [3.8, 4) is 5.75 Å². The van der Waals surface area contributed by atoms with Gasteiger partial charge in [-0.25, -0.2) is 4.79 Å². The first kappa shape index (κ1) is 12.8. The molecule has 0 saturated heterocycles. The molecule has 0 bridgehead atoms. The van der Waals surface area contributed by atoms with Gasteiger partial charge in [-0.2, -0.15) is 4.98 Å². The van der Waals surface area contributed by atoms with Gasteiger partial charge in [0.25, 0.3) is 5.89 Å². The lowest BCUT2D eigenvalue weighted by Gasteiger charge is -2.02. The maximum atomic E-state index is 10.4. The van der Waals surface area contributed by atoms with E-state index in [4.69, 9.17) is 14.4 Å². The van der Waals surface area contributed by atoms with Gasteiger partial charge < -0.3 is 14.4 Å². The van der Waals surface area contributed by atoms with Crippen LogP contribution in [0.4, 0.5) is 0 Å². The second kappa shape index (κ2) is 5.81. The molecule has 0 unspecified atom stereocenters. The smallest absolute Gasteiger partial charge is 0.328 e. The van der Waals surface area contributed by atoms with Gasteiger partial charge in [0, 0.05) is 6.08 Å². The zero-order valence-electron chi connectivity index (χ0n) is 10.2. The molecule has 0 radical (unpaired) electrons. The van der Waals surface area contributed by atoms with Gasteiger partial charge >= 0.3 is 5.97 Å². The molecular weight excluding hydrogens is 248 g/mol. The minimum absolute atomic E-state index is 0.200. The van der Waals surface area contributed by atoms with Crippen LogP contribution in [0.5, 0.6) is 5.75 Å². The Hall–Kier alpha value is -2.63. The Bertz CT molecular complexity index is 587. The number of aromatic nitrogens is 2. The Morgan fingerprint density at radius 3 is 2.74 bits per heavy atom. The van der Waals surface area contributed by atoms with Crippen LogP contribution in [0.1, 0.15) is 17.3 Å². The predicted octanol–water partition coefficient (Wildman–Crippen LogP) is 2.05. The highest BCUT2D eigenvalue weighted by molar-refractivity contribution is 5.85. The maximum absolute atomic E-state index is 10.4. The monoisotopic (exact) mass is 260 g/mol. The second-order valence-electron chi connectivity index (χ2n) is 3.76. The number of hydrogen-bond acceptors (Lipinski definition) is 5. The molecular formula is C13H12N2O4. The van der Waals surface area contributed by atoms with Gasteiger partial charge in [-0.1, -0.05) is 17.3 Å². The van der Waals surface area contributed by atoms with Gasteiger partial charge in [0.1, 0.15) is 5.75 Å². The zero-order valence-corrected chi connectivity index (χ0v) is 10.2. The van der Waals surface area contributed by atoms with Gasteiger partial charge in [-0.3, -0.25) is 0 Å². The summed E-state index contributed by atoms with van der Waals surface area (Å²) in [6.45, 7) is 1.93. The molecule has 2 rings (SSSR count). The highest BCUT2D eigenvalue weighted by atomic mass is 16.5. The Labute approximate surface area is 109 Å². The Morgan fingerprint density at radius 1 is 1.42 bits per heavy atom. The van der Waals surface area contributed by atoms with E-state index in [9.17, 15) is 4.79 Å². The Kier molecular flexibility index (Phi) is 3.92. The molecule has 0 aliphatic rings. The van der Waals surface area contributed by atoms with Crippen LogP contribution in [-0.2, 0) is 11.4 Å². The summed E-state index contributed by atoms with van der Waals surface area (Å²) < 4.78 is 10.4. The van der Waals surface area contributed by atoms with Gasteiger partial charge in [-0.05, 0) is 30.7 Å². The third kappa shape index (κ3) is 3.95. The van der Waals surface area contributed by atoms with Crippen LogP contribution in [0.2, 0.25) is 0 Å². The second-order valence-corrected chi connectivity index (χ2v) is 3.76. The van der Waals surface area contributed by atoms with Gasteiger partial charge in [-0.15, -0.1) is 0 Å². The molecule has 98 valence electrons. The van der Waals surface area contributed by atoms with Crippen molar-refractivity contribution >= 4 is 12.0 Å². The summed E-state index contributed by atoms with van der Waals surface area (Å²) in [5, 5.41) is 12.2. The number of aliphatic carboxylic acids is 1. The van der Waals surface area contributed by atoms with E-state index in [1.807, 2.05) is 0 Å². The number of carbonyl (C=O) groups is 1. The summed E-state index contributed by atoms with van der Waals surface area (Å²) >= 11 is 0. The molecule has 0 saturated carbocycles. The normalized spacial score (nSPS) is 10.8. The van der Waals surface area contributed by atoms with Crippen molar-refractivity contribution in [2.45, 2.75) is 13.5 Å². The molecule has 1 N–H and O–H groups in total. The van der Waals surface area contributed by atoms with Crippen LogP contribution in [-0.4, -0.2) is 21.2 Å². The van der Waals surface area contributed by atoms with Crippen molar-refractivity contribution in [3.05, 3.63) is 47.6 Å². The van der Waals surface area contributed by atoms with E-state index in [-0.39, 0.29) is 6.61 Å². The van der Waals surface area contributed by atoms with Crippen molar-refractivity contribution in [2.75, 3.05) is 0 Å². The number of nitrogens with zero attached hydrogens (tertiary/aromatic N) is 2.